The molecular formula is C56H102O6. The monoisotopic (exact) mass is 871 g/mol. The third kappa shape index (κ3) is 48.7. The second-order valence-electron chi connectivity index (χ2n) is 18.2. The Labute approximate surface area is 385 Å². The lowest BCUT2D eigenvalue weighted by Crippen LogP contribution is -2.30. The molecule has 0 radical (unpaired) electrons. The van der Waals surface area contributed by atoms with Crippen LogP contribution in [0.1, 0.15) is 284 Å². The number of esters is 3. The molecule has 0 aromatic carbocycles. The molecule has 0 N–H and O–H groups in total. The van der Waals surface area contributed by atoms with Gasteiger partial charge in [-0.15, -0.1) is 0 Å². The number of ether oxygens (including phenoxy) is 3. The van der Waals surface area contributed by atoms with E-state index in [0.29, 0.717) is 19.3 Å². The van der Waals surface area contributed by atoms with E-state index < -0.39 is 6.10 Å². The molecular weight excluding hydrogens is 769 g/mol. The van der Waals surface area contributed by atoms with E-state index in [9.17, 15) is 14.4 Å². The lowest BCUT2D eigenvalue weighted by molar-refractivity contribution is -0.167. The van der Waals surface area contributed by atoms with Gasteiger partial charge < -0.3 is 14.2 Å². The van der Waals surface area contributed by atoms with Gasteiger partial charge in [0, 0.05) is 19.3 Å². The minimum Gasteiger partial charge on any atom is -0.462 e. The van der Waals surface area contributed by atoms with Gasteiger partial charge in [-0.2, -0.15) is 0 Å². The Morgan fingerprint density at radius 2 is 0.581 bits per heavy atom. The van der Waals surface area contributed by atoms with Crippen LogP contribution in [-0.2, 0) is 28.6 Å². The van der Waals surface area contributed by atoms with Crippen LogP contribution in [-0.4, -0.2) is 37.2 Å². The number of hydrogen-bond donors (Lipinski definition) is 0. The highest BCUT2D eigenvalue weighted by Crippen LogP contribution is 2.15. The number of carbonyl (C=O) groups excluding carboxylic acids is 3. The van der Waals surface area contributed by atoms with Gasteiger partial charge in [0.2, 0.25) is 0 Å². The summed E-state index contributed by atoms with van der Waals surface area (Å²) in [7, 11) is 0. The van der Waals surface area contributed by atoms with Crippen molar-refractivity contribution in [1.82, 2.24) is 0 Å². The molecule has 0 saturated carbocycles. The van der Waals surface area contributed by atoms with Crippen LogP contribution in [0.5, 0.6) is 0 Å². The Hall–Kier alpha value is -2.37. The fourth-order valence-electron chi connectivity index (χ4n) is 7.78. The molecule has 0 aliphatic carbocycles. The van der Waals surface area contributed by atoms with Crippen molar-refractivity contribution in [2.75, 3.05) is 13.2 Å². The third-order valence-electron chi connectivity index (χ3n) is 11.9. The van der Waals surface area contributed by atoms with E-state index in [1.54, 1.807) is 0 Å². The summed E-state index contributed by atoms with van der Waals surface area (Å²) in [5.74, 6) is -0.882. The quantitative estimate of drug-likeness (QED) is 0.0199. The van der Waals surface area contributed by atoms with E-state index in [-0.39, 0.29) is 31.1 Å². The Balaban J connectivity index is 4.31. The average Bonchev–Trinajstić information content (AvgIpc) is 3.27. The second kappa shape index (κ2) is 51.3. The number of hydrogen-bond acceptors (Lipinski definition) is 6. The van der Waals surface area contributed by atoms with Crippen LogP contribution >= 0.6 is 0 Å². The van der Waals surface area contributed by atoms with Crippen LogP contribution in [0, 0.1) is 0 Å². The Bertz CT molecular complexity index is 1050. The molecule has 0 fully saturated rings. The van der Waals surface area contributed by atoms with Crippen LogP contribution in [0.15, 0.2) is 36.5 Å². The summed E-state index contributed by atoms with van der Waals surface area (Å²) < 4.78 is 16.8. The number of allylic oxidation sites excluding steroid dienone is 6. The molecule has 362 valence electrons. The van der Waals surface area contributed by atoms with E-state index in [1.807, 2.05) is 0 Å². The summed E-state index contributed by atoms with van der Waals surface area (Å²) in [5.41, 5.74) is 0. The van der Waals surface area contributed by atoms with Gasteiger partial charge in [-0.3, -0.25) is 14.4 Å². The van der Waals surface area contributed by atoms with Crippen LogP contribution in [0.2, 0.25) is 0 Å². The zero-order valence-corrected chi connectivity index (χ0v) is 41.4. The minimum atomic E-state index is -0.776. The molecule has 0 aromatic rings. The number of unbranched alkanes of at least 4 members (excludes halogenated alkanes) is 33. The smallest absolute Gasteiger partial charge is 0.306 e. The first kappa shape index (κ1) is 59.6. The molecule has 0 rings (SSSR count). The van der Waals surface area contributed by atoms with Crippen molar-refractivity contribution in [3.05, 3.63) is 36.5 Å². The molecule has 0 bridgehead atoms. The van der Waals surface area contributed by atoms with Gasteiger partial charge in [-0.25, -0.2) is 0 Å². The second-order valence-corrected chi connectivity index (χ2v) is 18.2. The largest absolute Gasteiger partial charge is 0.462 e. The summed E-state index contributed by atoms with van der Waals surface area (Å²) in [6, 6.07) is 0. The predicted molar refractivity (Wildman–Crippen MR) is 266 cm³/mol. The molecule has 0 aliphatic heterocycles. The molecule has 0 aliphatic rings. The minimum absolute atomic E-state index is 0.0756. The van der Waals surface area contributed by atoms with Gasteiger partial charge in [0.25, 0.3) is 0 Å². The number of carbonyl (C=O) groups is 3. The maximum Gasteiger partial charge on any atom is 0.306 e. The molecule has 6 heteroatoms. The maximum atomic E-state index is 12.8. The van der Waals surface area contributed by atoms with Crippen molar-refractivity contribution in [3.63, 3.8) is 0 Å². The first-order valence-corrected chi connectivity index (χ1v) is 27.0. The average molecular weight is 871 g/mol. The Morgan fingerprint density at radius 1 is 0.323 bits per heavy atom. The van der Waals surface area contributed by atoms with Gasteiger partial charge in [-0.05, 0) is 70.6 Å². The van der Waals surface area contributed by atoms with E-state index in [4.69, 9.17) is 14.2 Å². The molecule has 1 atom stereocenters. The number of rotatable bonds is 49. The lowest BCUT2D eigenvalue weighted by Gasteiger charge is -2.18. The van der Waals surface area contributed by atoms with E-state index in [0.717, 1.165) is 64.2 Å². The zero-order valence-electron chi connectivity index (χ0n) is 41.4. The third-order valence-corrected chi connectivity index (χ3v) is 11.9. The van der Waals surface area contributed by atoms with Gasteiger partial charge in [-0.1, -0.05) is 231 Å². The van der Waals surface area contributed by atoms with Crippen molar-refractivity contribution in [1.29, 1.82) is 0 Å². The van der Waals surface area contributed by atoms with Gasteiger partial charge in [0.1, 0.15) is 13.2 Å². The molecule has 0 amide bonds. The normalized spacial score (nSPS) is 12.2. The van der Waals surface area contributed by atoms with Gasteiger partial charge in [0.15, 0.2) is 6.10 Å². The molecule has 62 heavy (non-hydrogen) atoms. The van der Waals surface area contributed by atoms with Gasteiger partial charge >= 0.3 is 17.9 Å². The van der Waals surface area contributed by atoms with Crippen molar-refractivity contribution < 1.29 is 28.6 Å². The highest BCUT2D eigenvalue weighted by atomic mass is 16.6. The topological polar surface area (TPSA) is 78.9 Å². The van der Waals surface area contributed by atoms with E-state index in [1.165, 1.54) is 180 Å². The molecule has 6 nitrogen and oxygen atoms in total. The summed E-state index contributed by atoms with van der Waals surface area (Å²) in [5, 5.41) is 0. The van der Waals surface area contributed by atoms with Crippen LogP contribution in [0.25, 0.3) is 0 Å². The van der Waals surface area contributed by atoms with Crippen molar-refractivity contribution in [2.24, 2.45) is 0 Å². The maximum absolute atomic E-state index is 12.8. The first-order chi connectivity index (χ1) is 30.5. The molecule has 0 heterocycles. The van der Waals surface area contributed by atoms with Crippen molar-refractivity contribution in [3.8, 4) is 0 Å². The zero-order chi connectivity index (χ0) is 45.1. The molecule has 1 unspecified atom stereocenters. The van der Waals surface area contributed by atoms with Crippen molar-refractivity contribution in [2.45, 2.75) is 290 Å². The summed E-state index contributed by atoms with van der Waals surface area (Å²) >= 11 is 0. The van der Waals surface area contributed by atoms with E-state index >= 15 is 0 Å². The Kier molecular flexibility index (Phi) is 49.3. The summed E-state index contributed by atoms with van der Waals surface area (Å²) in [6.07, 6.45) is 59.9. The predicted octanol–water partition coefficient (Wildman–Crippen LogP) is 17.7. The van der Waals surface area contributed by atoms with Crippen LogP contribution in [0.3, 0.4) is 0 Å². The first-order valence-electron chi connectivity index (χ1n) is 27.0. The molecule has 0 saturated heterocycles. The van der Waals surface area contributed by atoms with E-state index in [2.05, 4.69) is 57.2 Å². The fourth-order valence-corrected chi connectivity index (χ4v) is 7.78. The van der Waals surface area contributed by atoms with Crippen LogP contribution < -0.4 is 0 Å². The van der Waals surface area contributed by atoms with Crippen LogP contribution in [0.4, 0.5) is 0 Å². The van der Waals surface area contributed by atoms with Crippen molar-refractivity contribution >= 4 is 17.9 Å². The highest BCUT2D eigenvalue weighted by Gasteiger charge is 2.19. The standard InChI is InChI=1S/C56H102O6/c1-4-7-10-13-16-19-22-24-26-27-28-29-31-32-34-37-40-43-46-49-55(58)61-52-53(51-60-54(57)48-45-42-39-36-21-18-15-12-9-6-3)62-56(59)50-47-44-41-38-35-33-30-25-23-20-17-14-11-8-5-2/h17,20,23,25,27-28,53H,4-16,18-19,21-22,24,26,29-52H2,1-3H3/b20-17-,25-23-,28-27-. The fraction of sp³-hybridized carbons (Fsp3) is 0.839. The summed E-state index contributed by atoms with van der Waals surface area (Å²) in [6.45, 7) is 6.61. The molecule has 0 aromatic heterocycles. The lowest BCUT2D eigenvalue weighted by atomic mass is 10.1. The summed E-state index contributed by atoms with van der Waals surface area (Å²) in [4.78, 5) is 38.0. The highest BCUT2D eigenvalue weighted by molar-refractivity contribution is 5.71. The Morgan fingerprint density at radius 3 is 0.935 bits per heavy atom. The van der Waals surface area contributed by atoms with Gasteiger partial charge in [0.05, 0.1) is 0 Å². The SMILES string of the molecule is CCCCC/C=C\C=C/CCCCCCCCC(=O)OC(COC(=O)CCCCCCCCC/C=C\CCCCCCCCCC)COC(=O)CCCCCCCCCCCC. The molecule has 0 spiro atoms.